The third-order valence-electron chi connectivity index (χ3n) is 5.65. The van der Waals surface area contributed by atoms with Crippen molar-refractivity contribution in [2.24, 2.45) is 0 Å². The summed E-state index contributed by atoms with van der Waals surface area (Å²) in [6.45, 7) is 1.50. The van der Waals surface area contributed by atoms with E-state index in [1.54, 1.807) is 0 Å². The van der Waals surface area contributed by atoms with E-state index in [1.807, 2.05) is 7.05 Å². The Hall–Kier alpha value is -1.64. The third-order valence-corrected chi connectivity index (χ3v) is 6.75. The molecule has 4 rings (SSSR count). The normalized spacial score (nSPS) is 22.3. The van der Waals surface area contributed by atoms with E-state index in [-0.39, 0.29) is 6.04 Å². The molecule has 3 N–H and O–H groups in total. The Morgan fingerprint density at radius 2 is 1.77 bits per heavy atom. The number of benzene rings is 1. The van der Waals surface area contributed by atoms with E-state index in [0.29, 0.717) is 6.54 Å². The van der Waals surface area contributed by atoms with Crippen molar-refractivity contribution in [2.75, 3.05) is 25.5 Å². The van der Waals surface area contributed by atoms with Crippen LogP contribution in [0, 0.1) is 0 Å². The molecule has 0 aromatic heterocycles. The van der Waals surface area contributed by atoms with E-state index >= 15 is 0 Å². The molecule has 3 aliphatic rings. The highest BCUT2D eigenvalue weighted by molar-refractivity contribution is 7.88. The average molecular weight is 378 g/mol. The largest absolute Gasteiger partial charge is 0.333 e. The Labute approximate surface area is 154 Å². The van der Waals surface area contributed by atoms with E-state index in [0.717, 1.165) is 57.2 Å². The van der Waals surface area contributed by atoms with E-state index < -0.39 is 16.2 Å². The Morgan fingerprint density at radius 1 is 1.12 bits per heavy atom. The van der Waals surface area contributed by atoms with Crippen molar-refractivity contribution in [3.63, 3.8) is 0 Å². The van der Waals surface area contributed by atoms with Crippen LogP contribution in [0.15, 0.2) is 6.07 Å². The summed E-state index contributed by atoms with van der Waals surface area (Å²) in [5.74, 6) is 0. The van der Waals surface area contributed by atoms with E-state index in [1.165, 1.54) is 22.3 Å². The van der Waals surface area contributed by atoms with Gasteiger partial charge < -0.3 is 10.2 Å². The first-order valence-electron chi connectivity index (χ1n) is 9.37. The molecular weight excluding hydrogens is 352 g/mol. The topological polar surface area (TPSA) is 90.5 Å². The molecule has 0 saturated carbocycles. The summed E-state index contributed by atoms with van der Waals surface area (Å²) in [6.07, 6.45) is 6.88. The van der Waals surface area contributed by atoms with E-state index in [9.17, 15) is 13.2 Å². The van der Waals surface area contributed by atoms with Crippen molar-refractivity contribution >= 4 is 21.9 Å². The van der Waals surface area contributed by atoms with Gasteiger partial charge in [0, 0.05) is 18.3 Å². The van der Waals surface area contributed by atoms with Gasteiger partial charge in [-0.05, 0) is 80.8 Å². The van der Waals surface area contributed by atoms with Gasteiger partial charge in [-0.3, -0.25) is 0 Å². The number of likely N-dealkylation sites (tertiary alicyclic amines) is 1. The number of carbonyl (C=O) groups is 1. The zero-order valence-corrected chi connectivity index (χ0v) is 15.9. The lowest BCUT2D eigenvalue weighted by Crippen LogP contribution is -2.47. The van der Waals surface area contributed by atoms with Crippen LogP contribution >= 0.6 is 0 Å². The number of hydrogen-bond acceptors (Lipinski definition) is 4. The highest BCUT2D eigenvalue weighted by Crippen LogP contribution is 2.38. The number of urea groups is 1. The Bertz CT molecular complexity index is 805. The summed E-state index contributed by atoms with van der Waals surface area (Å²) in [5, 5.41) is 2.85. The van der Waals surface area contributed by atoms with Gasteiger partial charge in [0.25, 0.3) is 0 Å². The number of rotatable bonds is 4. The van der Waals surface area contributed by atoms with Crippen LogP contribution < -0.4 is 14.8 Å². The first kappa shape index (κ1) is 17.8. The van der Waals surface area contributed by atoms with E-state index in [4.69, 9.17) is 0 Å². The van der Waals surface area contributed by atoms with E-state index in [2.05, 4.69) is 25.7 Å². The van der Waals surface area contributed by atoms with Crippen LogP contribution in [0.3, 0.4) is 0 Å². The first-order chi connectivity index (χ1) is 12.4. The zero-order valence-electron chi connectivity index (χ0n) is 15.1. The number of nitrogens with one attached hydrogen (secondary N) is 3. The maximum Gasteiger partial charge on any atom is 0.333 e. The van der Waals surface area contributed by atoms with Crippen molar-refractivity contribution < 1.29 is 13.2 Å². The maximum absolute atomic E-state index is 12.4. The van der Waals surface area contributed by atoms with Crippen LogP contribution in [0.25, 0.3) is 0 Å². The number of hydrogen-bond donors (Lipinski definition) is 3. The molecule has 142 valence electrons. The second-order valence-electron chi connectivity index (χ2n) is 7.66. The number of likely N-dealkylation sites (N-methyl/N-ethyl adjacent to an activating group) is 1. The zero-order chi connectivity index (χ0) is 18.3. The highest BCUT2D eigenvalue weighted by Gasteiger charge is 2.28. The van der Waals surface area contributed by atoms with Crippen molar-refractivity contribution in [3.05, 3.63) is 28.3 Å². The van der Waals surface area contributed by atoms with Crippen LogP contribution in [-0.4, -0.2) is 45.5 Å². The molecule has 0 bridgehead atoms. The van der Waals surface area contributed by atoms with Gasteiger partial charge in [-0.2, -0.15) is 13.1 Å². The van der Waals surface area contributed by atoms with Crippen molar-refractivity contribution in [2.45, 2.75) is 51.0 Å². The monoisotopic (exact) mass is 378 g/mol. The molecule has 1 atom stereocenters. The van der Waals surface area contributed by atoms with Crippen molar-refractivity contribution in [3.8, 4) is 0 Å². The quantitative estimate of drug-likeness (QED) is 0.737. The summed E-state index contributed by atoms with van der Waals surface area (Å²) in [4.78, 5) is 14.5. The summed E-state index contributed by atoms with van der Waals surface area (Å²) in [5.41, 5.74) is 5.82. The maximum atomic E-state index is 12.4. The molecule has 1 unspecified atom stereocenters. The third kappa shape index (κ3) is 3.58. The fourth-order valence-corrected chi connectivity index (χ4v) is 5.49. The molecule has 7 nitrogen and oxygen atoms in total. The minimum absolute atomic E-state index is 0.157. The SMILES string of the molecule is CN1CCC(NS(=O)(=O)NC(=O)Nc2c3c(cc4c2CCC4)CCC3)C1. The van der Waals surface area contributed by atoms with Gasteiger partial charge in [-0.1, -0.05) is 6.07 Å². The van der Waals surface area contributed by atoms with Gasteiger partial charge in [0.05, 0.1) is 0 Å². The summed E-state index contributed by atoms with van der Waals surface area (Å²) < 4.78 is 29.2. The fourth-order valence-electron chi connectivity index (χ4n) is 4.51. The number of aryl methyl sites for hydroxylation is 2. The van der Waals surface area contributed by atoms with Crippen LogP contribution in [0.2, 0.25) is 0 Å². The molecule has 1 saturated heterocycles. The summed E-state index contributed by atoms with van der Waals surface area (Å²) in [7, 11) is -1.93. The molecule has 1 aromatic rings. The average Bonchev–Trinajstić information content (AvgIpc) is 3.26. The standard InChI is InChI=1S/C18H26N4O3S/c1-22-9-8-14(11-22)20-26(24,25)21-18(23)19-17-15-6-2-4-12(15)10-13-5-3-7-16(13)17/h10,14,20H,2-9,11H2,1H3,(H2,19,21,23). The summed E-state index contributed by atoms with van der Waals surface area (Å²) >= 11 is 0. The van der Waals surface area contributed by atoms with Gasteiger partial charge >= 0.3 is 16.2 Å². The van der Waals surface area contributed by atoms with Gasteiger partial charge in [-0.25, -0.2) is 9.52 Å². The lowest BCUT2D eigenvalue weighted by molar-refractivity contribution is 0.256. The molecule has 2 amide bonds. The molecule has 0 radical (unpaired) electrons. The molecule has 26 heavy (non-hydrogen) atoms. The molecule has 1 aliphatic heterocycles. The number of amides is 2. The highest BCUT2D eigenvalue weighted by atomic mass is 32.2. The van der Waals surface area contributed by atoms with Crippen molar-refractivity contribution in [1.29, 1.82) is 0 Å². The molecule has 1 aromatic carbocycles. The lowest BCUT2D eigenvalue weighted by atomic mass is 9.99. The minimum atomic E-state index is -3.87. The molecular formula is C18H26N4O3S. The van der Waals surface area contributed by atoms with Crippen LogP contribution in [0.1, 0.15) is 41.5 Å². The van der Waals surface area contributed by atoms with Crippen LogP contribution in [0.4, 0.5) is 10.5 Å². The first-order valence-corrected chi connectivity index (χ1v) is 10.9. The van der Waals surface area contributed by atoms with Crippen LogP contribution in [0.5, 0.6) is 0 Å². The summed E-state index contributed by atoms with van der Waals surface area (Å²) in [6, 6.07) is 1.44. The molecule has 1 fully saturated rings. The molecule has 0 spiro atoms. The molecule has 2 aliphatic carbocycles. The molecule has 1 heterocycles. The Morgan fingerprint density at radius 3 is 2.35 bits per heavy atom. The predicted octanol–water partition coefficient (Wildman–Crippen LogP) is 1.32. The number of fused-ring (bicyclic) bond motifs is 2. The Kier molecular flexibility index (Phi) is 4.66. The number of nitrogens with zero attached hydrogens (tertiary/aromatic N) is 1. The second-order valence-corrected chi connectivity index (χ2v) is 9.11. The fraction of sp³-hybridized carbons (Fsp3) is 0.611. The van der Waals surface area contributed by atoms with Gasteiger partial charge in [-0.15, -0.1) is 0 Å². The van der Waals surface area contributed by atoms with Gasteiger partial charge in [0.1, 0.15) is 0 Å². The van der Waals surface area contributed by atoms with Crippen LogP contribution in [-0.2, 0) is 35.9 Å². The minimum Gasteiger partial charge on any atom is -0.307 e. The van der Waals surface area contributed by atoms with Crippen molar-refractivity contribution in [1.82, 2.24) is 14.3 Å². The van der Waals surface area contributed by atoms with Gasteiger partial charge in [0.2, 0.25) is 0 Å². The smallest absolute Gasteiger partial charge is 0.307 e. The lowest BCUT2D eigenvalue weighted by Gasteiger charge is -2.18. The van der Waals surface area contributed by atoms with Gasteiger partial charge in [0.15, 0.2) is 0 Å². The second kappa shape index (κ2) is 6.83. The number of carbonyl (C=O) groups excluding carboxylic acids is 1. The molecule has 8 heteroatoms. The predicted molar refractivity (Wildman–Crippen MR) is 101 cm³/mol. The number of anilines is 1. The Balaban J connectivity index is 1.47.